The molecule has 32 heavy (non-hydrogen) atoms. The molecule has 0 bridgehead atoms. The molecule has 0 spiro atoms. The molecule has 0 atom stereocenters. The predicted octanol–water partition coefficient (Wildman–Crippen LogP) is 5.34. The quantitative estimate of drug-likeness (QED) is 0.593. The Bertz CT molecular complexity index is 1180. The Balaban J connectivity index is 1.45. The Labute approximate surface area is 181 Å². The molecular weight excluding hydrogens is 423 g/mol. The van der Waals surface area contributed by atoms with Gasteiger partial charge in [0.05, 0.1) is 17.7 Å². The molecule has 1 N–H and O–H groups in total. The molecule has 1 aliphatic rings. The number of pyridine rings is 1. The molecular formula is C23H16F3N3O3. The number of nitrogens with zero attached hydrogens (tertiary/aromatic N) is 2. The van der Waals surface area contributed by atoms with Gasteiger partial charge in [-0.15, -0.1) is 0 Å². The topological polar surface area (TPSA) is 84.2 Å². The van der Waals surface area contributed by atoms with Gasteiger partial charge >= 0.3 is 6.18 Å². The van der Waals surface area contributed by atoms with Gasteiger partial charge in [0.25, 0.3) is 5.91 Å². The van der Waals surface area contributed by atoms with E-state index in [0.29, 0.717) is 35.6 Å². The SMILES string of the molecule is N#Cc1cc2c(cc1Oc1ccc(C(=O)Nc3ccc(C(F)(F)F)cn3)cc1)OCCC2. The van der Waals surface area contributed by atoms with Gasteiger partial charge in [0.15, 0.2) is 0 Å². The lowest BCUT2D eigenvalue weighted by molar-refractivity contribution is -0.137. The summed E-state index contributed by atoms with van der Waals surface area (Å²) in [6, 6.07) is 13.6. The van der Waals surface area contributed by atoms with Crippen molar-refractivity contribution in [2.45, 2.75) is 19.0 Å². The lowest BCUT2D eigenvalue weighted by Crippen LogP contribution is -2.13. The maximum atomic E-state index is 12.6. The van der Waals surface area contributed by atoms with Gasteiger partial charge in [-0.05, 0) is 60.9 Å². The first-order valence-electron chi connectivity index (χ1n) is 9.66. The van der Waals surface area contributed by atoms with Gasteiger partial charge in [0.1, 0.15) is 29.1 Å². The fourth-order valence-electron chi connectivity index (χ4n) is 3.18. The summed E-state index contributed by atoms with van der Waals surface area (Å²) in [5.74, 6) is 0.894. The molecule has 1 amide bonds. The number of hydrogen-bond donors (Lipinski definition) is 1. The summed E-state index contributed by atoms with van der Waals surface area (Å²) in [4.78, 5) is 16.0. The van der Waals surface area contributed by atoms with Crippen molar-refractivity contribution >= 4 is 11.7 Å². The van der Waals surface area contributed by atoms with Gasteiger partial charge in [-0.1, -0.05) is 0 Å². The number of alkyl halides is 3. The maximum absolute atomic E-state index is 12.6. The molecule has 1 aromatic heterocycles. The van der Waals surface area contributed by atoms with Crippen LogP contribution in [0.3, 0.4) is 0 Å². The Hall–Kier alpha value is -4.06. The van der Waals surface area contributed by atoms with Crippen LogP contribution < -0.4 is 14.8 Å². The summed E-state index contributed by atoms with van der Waals surface area (Å²) in [6.45, 7) is 0.607. The number of carbonyl (C=O) groups excluding carboxylic acids is 1. The van der Waals surface area contributed by atoms with Crippen LogP contribution in [0.25, 0.3) is 0 Å². The molecule has 1 aliphatic heterocycles. The Morgan fingerprint density at radius 1 is 1.16 bits per heavy atom. The van der Waals surface area contributed by atoms with E-state index in [4.69, 9.17) is 9.47 Å². The summed E-state index contributed by atoms with van der Waals surface area (Å²) in [7, 11) is 0. The van der Waals surface area contributed by atoms with E-state index in [1.807, 2.05) is 0 Å². The van der Waals surface area contributed by atoms with Crippen molar-refractivity contribution in [3.05, 3.63) is 77.0 Å². The van der Waals surface area contributed by atoms with Crippen molar-refractivity contribution in [2.24, 2.45) is 0 Å². The van der Waals surface area contributed by atoms with Gasteiger partial charge in [0.2, 0.25) is 0 Å². The van der Waals surface area contributed by atoms with Crippen molar-refractivity contribution in [3.63, 3.8) is 0 Å². The summed E-state index contributed by atoms with van der Waals surface area (Å²) >= 11 is 0. The van der Waals surface area contributed by atoms with Crippen molar-refractivity contribution in [2.75, 3.05) is 11.9 Å². The zero-order valence-corrected chi connectivity index (χ0v) is 16.6. The standard InChI is InChI=1S/C23H16F3N3O3/c24-23(25,26)17-5-8-21(28-13-17)29-22(30)14-3-6-18(7-4-14)32-20-11-19-15(2-1-9-31-19)10-16(20)12-27/h3-8,10-11,13H,1-2,9H2,(H,28,29,30). The van der Waals surface area contributed by atoms with Crippen molar-refractivity contribution in [1.29, 1.82) is 5.26 Å². The van der Waals surface area contributed by atoms with E-state index in [1.165, 1.54) is 12.1 Å². The highest BCUT2D eigenvalue weighted by Gasteiger charge is 2.30. The van der Waals surface area contributed by atoms with Crippen LogP contribution in [0.2, 0.25) is 0 Å². The lowest BCUT2D eigenvalue weighted by atomic mass is 10.0. The number of halogens is 3. The number of aromatic nitrogens is 1. The van der Waals surface area contributed by atoms with E-state index >= 15 is 0 Å². The highest BCUT2D eigenvalue weighted by Crippen LogP contribution is 2.35. The van der Waals surface area contributed by atoms with E-state index < -0.39 is 17.6 Å². The molecule has 3 aromatic rings. The Morgan fingerprint density at radius 3 is 2.59 bits per heavy atom. The number of carbonyl (C=O) groups is 1. The number of ether oxygens (including phenoxy) is 2. The van der Waals surface area contributed by atoms with Crippen LogP contribution in [0.1, 0.15) is 33.5 Å². The fraction of sp³-hybridized carbons (Fsp3) is 0.174. The van der Waals surface area contributed by atoms with Crippen LogP contribution in [0, 0.1) is 11.3 Å². The van der Waals surface area contributed by atoms with Crippen LogP contribution in [-0.2, 0) is 12.6 Å². The number of benzene rings is 2. The van der Waals surface area contributed by atoms with Crippen LogP contribution in [0.5, 0.6) is 17.2 Å². The number of anilines is 1. The minimum atomic E-state index is -4.50. The molecule has 0 radical (unpaired) electrons. The third-order valence-electron chi connectivity index (χ3n) is 4.81. The van der Waals surface area contributed by atoms with Gasteiger partial charge in [-0.25, -0.2) is 4.98 Å². The summed E-state index contributed by atoms with van der Waals surface area (Å²) < 4.78 is 49.3. The second kappa shape index (κ2) is 8.59. The minimum absolute atomic E-state index is 0.00366. The molecule has 0 fully saturated rings. The smallest absolute Gasteiger partial charge is 0.417 e. The molecule has 0 aliphatic carbocycles. The Kier molecular flexibility index (Phi) is 5.69. The number of amides is 1. The molecule has 4 rings (SSSR count). The summed E-state index contributed by atoms with van der Waals surface area (Å²) in [5, 5.41) is 11.9. The maximum Gasteiger partial charge on any atom is 0.417 e. The number of hydrogen-bond acceptors (Lipinski definition) is 5. The molecule has 2 heterocycles. The molecule has 6 nitrogen and oxygen atoms in total. The normalized spacial score (nSPS) is 12.8. The average molecular weight is 439 g/mol. The first-order valence-corrected chi connectivity index (χ1v) is 9.66. The van der Waals surface area contributed by atoms with Crippen LogP contribution >= 0.6 is 0 Å². The Morgan fingerprint density at radius 2 is 1.94 bits per heavy atom. The second-order valence-corrected chi connectivity index (χ2v) is 7.03. The minimum Gasteiger partial charge on any atom is -0.493 e. The van der Waals surface area contributed by atoms with E-state index in [0.717, 1.165) is 30.5 Å². The van der Waals surface area contributed by atoms with E-state index in [9.17, 15) is 23.2 Å². The number of fused-ring (bicyclic) bond motifs is 1. The molecule has 0 saturated heterocycles. The van der Waals surface area contributed by atoms with Gasteiger partial charge in [-0.3, -0.25) is 4.79 Å². The van der Waals surface area contributed by atoms with E-state index in [2.05, 4.69) is 16.4 Å². The molecule has 2 aromatic carbocycles. The molecule has 0 saturated carbocycles. The van der Waals surface area contributed by atoms with Gasteiger partial charge < -0.3 is 14.8 Å². The molecule has 9 heteroatoms. The zero-order valence-electron chi connectivity index (χ0n) is 16.6. The average Bonchev–Trinajstić information content (AvgIpc) is 2.79. The van der Waals surface area contributed by atoms with Gasteiger partial charge in [-0.2, -0.15) is 18.4 Å². The van der Waals surface area contributed by atoms with E-state index in [-0.39, 0.29) is 11.4 Å². The van der Waals surface area contributed by atoms with Crippen molar-refractivity contribution in [1.82, 2.24) is 4.98 Å². The summed E-state index contributed by atoms with van der Waals surface area (Å²) in [5.41, 5.74) is 0.697. The van der Waals surface area contributed by atoms with Crippen molar-refractivity contribution in [3.8, 4) is 23.3 Å². The lowest BCUT2D eigenvalue weighted by Gasteiger charge is -2.19. The first-order chi connectivity index (χ1) is 15.3. The van der Waals surface area contributed by atoms with Crippen molar-refractivity contribution < 1.29 is 27.4 Å². The van der Waals surface area contributed by atoms with Crippen LogP contribution in [0.15, 0.2) is 54.7 Å². The third-order valence-corrected chi connectivity index (χ3v) is 4.81. The van der Waals surface area contributed by atoms with Gasteiger partial charge in [0, 0.05) is 17.8 Å². The number of aryl methyl sites for hydroxylation is 1. The van der Waals surface area contributed by atoms with Crippen LogP contribution in [0.4, 0.5) is 19.0 Å². The largest absolute Gasteiger partial charge is 0.493 e. The third kappa shape index (κ3) is 4.64. The summed E-state index contributed by atoms with van der Waals surface area (Å²) in [6.07, 6.45) is -2.12. The highest BCUT2D eigenvalue weighted by molar-refractivity contribution is 6.03. The van der Waals surface area contributed by atoms with Crippen LogP contribution in [-0.4, -0.2) is 17.5 Å². The monoisotopic (exact) mass is 439 g/mol. The second-order valence-electron chi connectivity index (χ2n) is 7.03. The predicted molar refractivity (Wildman–Crippen MR) is 109 cm³/mol. The number of nitriles is 1. The van der Waals surface area contributed by atoms with E-state index in [1.54, 1.807) is 24.3 Å². The zero-order chi connectivity index (χ0) is 22.7. The number of nitrogens with one attached hydrogen (secondary N) is 1. The number of rotatable bonds is 4. The molecule has 0 unspecified atom stereocenters. The fourth-order valence-corrected chi connectivity index (χ4v) is 3.18. The molecule has 162 valence electrons. The highest BCUT2D eigenvalue weighted by atomic mass is 19.4. The first kappa shape index (κ1) is 21.2.